The van der Waals surface area contributed by atoms with E-state index >= 15 is 0 Å². The molecule has 2 rings (SSSR count). The molecule has 2 heteroatoms. The summed E-state index contributed by atoms with van der Waals surface area (Å²) >= 11 is 0. The Morgan fingerprint density at radius 1 is 0.950 bits per heavy atom. The normalized spacial score (nSPS) is 11.7. The Morgan fingerprint density at radius 2 is 1.45 bits per heavy atom. The van der Waals surface area contributed by atoms with E-state index in [1.54, 1.807) is 0 Å². The second-order valence-corrected chi connectivity index (χ2v) is 7.97. The van der Waals surface area contributed by atoms with Crippen LogP contribution in [0.3, 0.4) is 0 Å². The van der Waals surface area contributed by atoms with Crippen LogP contribution in [0.25, 0.3) is 0 Å². The third kappa shape index (κ3) is 2.98. The molecule has 0 amide bonds. The first kappa shape index (κ1) is 14.5. The van der Waals surface area contributed by atoms with E-state index in [9.17, 15) is 0 Å². The largest absolute Gasteiger partial charge is 0.408 e. The van der Waals surface area contributed by atoms with Crippen molar-refractivity contribution in [2.24, 2.45) is 0 Å². The fourth-order valence-electron chi connectivity index (χ4n) is 2.36. The maximum absolute atomic E-state index is 6.07. The summed E-state index contributed by atoms with van der Waals surface area (Å²) in [7, 11) is -0.477. The topological polar surface area (TPSA) is 9.23 Å². The van der Waals surface area contributed by atoms with Crippen LogP contribution in [0.2, 0.25) is 0 Å². The molecule has 102 valence electrons. The van der Waals surface area contributed by atoms with Gasteiger partial charge in [0, 0.05) is 7.11 Å². The molecule has 0 aromatic heterocycles. The molecule has 0 radical (unpaired) electrons. The first-order chi connectivity index (χ1) is 9.83. The fraction of sp³-hybridized carbons (Fsp3) is 0.111. The van der Waals surface area contributed by atoms with Crippen LogP contribution >= 0.6 is 0 Å². The minimum Gasteiger partial charge on any atom is -0.408 e. The van der Waals surface area contributed by atoms with Crippen molar-refractivity contribution in [3.63, 3.8) is 0 Å². The molecule has 0 saturated heterocycles. The zero-order valence-electron chi connectivity index (χ0n) is 11.8. The summed E-state index contributed by atoms with van der Waals surface area (Å²) in [5.74, 6) is 0. The average Bonchev–Trinajstić information content (AvgIpc) is 2.54. The van der Waals surface area contributed by atoms with Gasteiger partial charge in [-0.2, -0.15) is 0 Å². The van der Waals surface area contributed by atoms with Gasteiger partial charge in [0.05, 0.1) is 0 Å². The summed E-state index contributed by atoms with van der Waals surface area (Å²) in [6.07, 6.45) is 4.92. The average molecular weight is 280 g/mol. The van der Waals surface area contributed by atoms with Crippen LogP contribution in [-0.2, 0) is 4.43 Å². The molecule has 0 fully saturated rings. The number of hydrogen-bond donors (Lipinski definition) is 0. The molecule has 0 unspecified atom stereocenters. The number of benzene rings is 2. The Kier molecular flexibility index (Phi) is 5.10. The van der Waals surface area contributed by atoms with Crippen molar-refractivity contribution >= 4 is 18.7 Å². The molecule has 20 heavy (non-hydrogen) atoms. The smallest absolute Gasteiger partial charge is 0.280 e. The Bertz CT molecular complexity index is 521. The van der Waals surface area contributed by atoms with Gasteiger partial charge in [-0.15, -0.1) is 6.58 Å². The second kappa shape index (κ2) is 7.03. The van der Waals surface area contributed by atoms with E-state index in [1.807, 2.05) is 25.3 Å². The highest BCUT2D eigenvalue weighted by molar-refractivity contribution is 7.01. The van der Waals surface area contributed by atoms with Crippen LogP contribution in [-0.4, -0.2) is 15.4 Å². The maximum Gasteiger partial charge on any atom is 0.280 e. The molecule has 0 spiro atoms. The quantitative estimate of drug-likeness (QED) is 0.584. The molecule has 0 aliphatic rings. The van der Waals surface area contributed by atoms with Gasteiger partial charge in [-0.3, -0.25) is 0 Å². The molecule has 0 heterocycles. The Labute approximate surface area is 122 Å². The molecule has 2 aromatic rings. The van der Waals surface area contributed by atoms with Gasteiger partial charge in [-0.25, -0.2) is 0 Å². The molecule has 0 bridgehead atoms. The molecule has 0 aliphatic heterocycles. The van der Waals surface area contributed by atoms with E-state index in [0.717, 1.165) is 6.42 Å². The molecule has 0 N–H and O–H groups in total. The van der Waals surface area contributed by atoms with E-state index in [0.29, 0.717) is 0 Å². The summed E-state index contributed by atoms with van der Waals surface area (Å²) < 4.78 is 6.07. The van der Waals surface area contributed by atoms with Crippen molar-refractivity contribution in [1.29, 1.82) is 0 Å². The summed E-state index contributed by atoms with van der Waals surface area (Å²) in [5.41, 5.74) is 2.25. The molecule has 0 saturated carbocycles. The van der Waals surface area contributed by atoms with E-state index < -0.39 is 8.32 Å². The van der Waals surface area contributed by atoms with Crippen LogP contribution in [0.4, 0.5) is 0 Å². The van der Waals surface area contributed by atoms with Gasteiger partial charge in [-0.1, -0.05) is 78.5 Å². The van der Waals surface area contributed by atoms with Gasteiger partial charge >= 0.3 is 0 Å². The van der Waals surface area contributed by atoms with Gasteiger partial charge in [0.25, 0.3) is 8.32 Å². The Hall–Kier alpha value is -1.90. The van der Waals surface area contributed by atoms with Crippen molar-refractivity contribution in [2.45, 2.75) is 6.42 Å². The summed E-state index contributed by atoms with van der Waals surface area (Å²) in [6.45, 7) is 3.77. The van der Waals surface area contributed by atoms with Crippen LogP contribution < -0.4 is 10.4 Å². The number of allylic oxidation sites excluding steroid dienone is 2. The monoisotopic (exact) mass is 280 g/mol. The molecule has 2 aromatic carbocycles. The van der Waals surface area contributed by atoms with Crippen molar-refractivity contribution in [3.05, 3.63) is 85.1 Å². The second-order valence-electron chi connectivity index (χ2n) is 4.60. The molecular weight excluding hydrogens is 260 g/mol. The SMILES string of the molecule is C=CC/C=C\[Si](OC)(c1ccccc1)c1ccccc1. The van der Waals surface area contributed by atoms with Crippen LogP contribution in [0, 0.1) is 0 Å². The van der Waals surface area contributed by atoms with Gasteiger partial charge in [0.1, 0.15) is 0 Å². The summed E-state index contributed by atoms with van der Waals surface area (Å²) in [6, 6.07) is 21.0. The number of hydrogen-bond acceptors (Lipinski definition) is 1. The highest BCUT2D eigenvalue weighted by atomic mass is 28.4. The highest BCUT2D eigenvalue weighted by Gasteiger charge is 2.35. The summed E-state index contributed by atoms with van der Waals surface area (Å²) in [5, 5.41) is 2.52. The van der Waals surface area contributed by atoms with E-state index in [4.69, 9.17) is 4.43 Å². The van der Waals surface area contributed by atoms with Gasteiger partial charge < -0.3 is 4.43 Å². The fourth-order valence-corrected chi connectivity index (χ4v) is 5.53. The zero-order chi connectivity index (χ0) is 14.3. The summed E-state index contributed by atoms with van der Waals surface area (Å²) in [4.78, 5) is 0. The van der Waals surface area contributed by atoms with Gasteiger partial charge in [0.2, 0.25) is 0 Å². The van der Waals surface area contributed by atoms with E-state index in [1.165, 1.54) is 10.4 Å². The van der Waals surface area contributed by atoms with Crippen molar-refractivity contribution < 1.29 is 4.43 Å². The lowest BCUT2D eigenvalue weighted by Gasteiger charge is -2.27. The van der Waals surface area contributed by atoms with Gasteiger partial charge in [-0.05, 0) is 16.8 Å². The molecule has 1 nitrogen and oxygen atoms in total. The zero-order valence-corrected chi connectivity index (χ0v) is 12.8. The third-order valence-corrected chi connectivity index (χ3v) is 7.11. The minimum absolute atomic E-state index is 0.859. The van der Waals surface area contributed by atoms with Gasteiger partial charge in [0.15, 0.2) is 0 Å². The lowest BCUT2D eigenvalue weighted by molar-refractivity contribution is 0.425. The molecule has 0 aliphatic carbocycles. The van der Waals surface area contributed by atoms with Crippen molar-refractivity contribution in [1.82, 2.24) is 0 Å². The van der Waals surface area contributed by atoms with Crippen LogP contribution in [0.5, 0.6) is 0 Å². The van der Waals surface area contributed by atoms with E-state index in [2.05, 4.69) is 66.9 Å². The molecule has 0 atom stereocenters. The third-order valence-electron chi connectivity index (χ3n) is 3.38. The standard InChI is InChI=1S/C18H20OSi/c1-3-4-11-16-20(19-2,17-12-7-5-8-13-17)18-14-9-6-10-15-18/h3,5-16H,1,4H2,2H3/b16-11-. The van der Waals surface area contributed by atoms with Crippen LogP contribution in [0.15, 0.2) is 85.1 Å². The lowest BCUT2D eigenvalue weighted by Crippen LogP contribution is -2.59. The Balaban J connectivity index is 2.55. The molecular formula is C18H20OSi. The van der Waals surface area contributed by atoms with E-state index in [-0.39, 0.29) is 0 Å². The lowest BCUT2D eigenvalue weighted by atomic mass is 10.4. The number of rotatable bonds is 6. The first-order valence-electron chi connectivity index (χ1n) is 6.78. The predicted molar refractivity (Wildman–Crippen MR) is 88.9 cm³/mol. The minimum atomic E-state index is -2.29. The predicted octanol–water partition coefficient (Wildman–Crippen LogP) is 3.06. The maximum atomic E-state index is 6.07. The van der Waals surface area contributed by atoms with Crippen molar-refractivity contribution in [3.8, 4) is 0 Å². The first-order valence-corrected chi connectivity index (χ1v) is 8.77. The highest BCUT2D eigenvalue weighted by Crippen LogP contribution is 2.09. The van der Waals surface area contributed by atoms with Crippen LogP contribution in [0.1, 0.15) is 6.42 Å². The van der Waals surface area contributed by atoms with Crippen molar-refractivity contribution in [2.75, 3.05) is 7.11 Å². The Morgan fingerprint density at radius 3 is 1.85 bits per heavy atom.